The number of hydrogen-bond donors (Lipinski definition) is 2. The van der Waals surface area contributed by atoms with Crippen molar-refractivity contribution in [2.45, 2.75) is 32.9 Å². The van der Waals surface area contributed by atoms with Crippen molar-refractivity contribution in [2.24, 2.45) is 0 Å². The Balaban J connectivity index is 1.95. The minimum Gasteiger partial charge on any atom is -0.444 e. The number of hydrogen-bond acceptors (Lipinski definition) is 4. The number of nitrogen functional groups attached to an aromatic ring is 1. The lowest BCUT2D eigenvalue weighted by molar-refractivity contribution is 0.0636. The average Bonchev–Trinajstić information content (AvgIpc) is 2.77. The van der Waals surface area contributed by atoms with Crippen molar-refractivity contribution in [1.82, 2.24) is 9.78 Å². The molecule has 0 saturated heterocycles. The minimum atomic E-state index is -0.524. The maximum absolute atomic E-state index is 11.6. The molecule has 2 aromatic rings. The van der Waals surface area contributed by atoms with E-state index in [4.69, 9.17) is 10.5 Å². The molecule has 0 aliphatic heterocycles. The van der Waals surface area contributed by atoms with Gasteiger partial charge in [-0.1, -0.05) is 12.1 Å². The summed E-state index contributed by atoms with van der Waals surface area (Å²) in [6, 6.07) is 7.58. The first-order valence-corrected chi connectivity index (χ1v) is 6.69. The van der Waals surface area contributed by atoms with Crippen LogP contribution >= 0.6 is 0 Å². The molecule has 6 heteroatoms. The van der Waals surface area contributed by atoms with Gasteiger partial charge in [-0.15, -0.1) is 0 Å². The monoisotopic (exact) mass is 288 g/mol. The number of nitrogens with zero attached hydrogens (tertiary/aromatic N) is 2. The molecular weight excluding hydrogens is 268 g/mol. The van der Waals surface area contributed by atoms with Crippen LogP contribution in [0.1, 0.15) is 26.3 Å². The normalized spacial score (nSPS) is 11.2. The van der Waals surface area contributed by atoms with Crippen molar-refractivity contribution < 1.29 is 9.53 Å². The quantitative estimate of drug-likeness (QED) is 0.851. The highest BCUT2D eigenvalue weighted by atomic mass is 16.6. The number of benzene rings is 1. The van der Waals surface area contributed by atoms with Crippen LogP contribution in [0.4, 0.5) is 16.2 Å². The van der Waals surface area contributed by atoms with Crippen LogP contribution in [0.25, 0.3) is 0 Å². The molecule has 0 aliphatic carbocycles. The van der Waals surface area contributed by atoms with Crippen LogP contribution < -0.4 is 11.1 Å². The fourth-order valence-corrected chi connectivity index (χ4v) is 1.75. The lowest BCUT2D eigenvalue weighted by Gasteiger charge is -2.19. The van der Waals surface area contributed by atoms with E-state index in [9.17, 15) is 4.79 Å². The van der Waals surface area contributed by atoms with Crippen LogP contribution in [-0.4, -0.2) is 21.5 Å². The summed E-state index contributed by atoms with van der Waals surface area (Å²) in [6.07, 6.45) is 2.84. The predicted molar refractivity (Wildman–Crippen MR) is 82.0 cm³/mol. The number of amides is 1. The maximum atomic E-state index is 11.6. The van der Waals surface area contributed by atoms with Gasteiger partial charge < -0.3 is 10.5 Å². The fraction of sp³-hybridized carbons (Fsp3) is 0.333. The first kappa shape index (κ1) is 14.9. The van der Waals surface area contributed by atoms with Gasteiger partial charge in [0.2, 0.25) is 0 Å². The molecular formula is C15H20N4O2. The fourth-order valence-electron chi connectivity index (χ4n) is 1.75. The summed E-state index contributed by atoms with van der Waals surface area (Å²) >= 11 is 0. The Kier molecular flexibility index (Phi) is 4.16. The zero-order valence-corrected chi connectivity index (χ0v) is 12.5. The largest absolute Gasteiger partial charge is 0.444 e. The Hall–Kier alpha value is -2.50. The van der Waals surface area contributed by atoms with Gasteiger partial charge in [0.15, 0.2) is 0 Å². The van der Waals surface area contributed by atoms with Gasteiger partial charge in [0.1, 0.15) is 5.60 Å². The second-order valence-electron chi connectivity index (χ2n) is 5.80. The molecule has 0 atom stereocenters. The first-order valence-electron chi connectivity index (χ1n) is 6.69. The third-order valence-electron chi connectivity index (χ3n) is 2.60. The summed E-state index contributed by atoms with van der Waals surface area (Å²) in [5.74, 6) is 0. The zero-order valence-electron chi connectivity index (χ0n) is 12.5. The van der Waals surface area contributed by atoms with Crippen molar-refractivity contribution in [3.8, 4) is 0 Å². The summed E-state index contributed by atoms with van der Waals surface area (Å²) in [4.78, 5) is 11.6. The second kappa shape index (κ2) is 5.87. The van der Waals surface area contributed by atoms with Gasteiger partial charge in [-0.2, -0.15) is 5.10 Å². The van der Waals surface area contributed by atoms with Crippen LogP contribution in [0, 0.1) is 0 Å². The first-order chi connectivity index (χ1) is 9.82. The van der Waals surface area contributed by atoms with Gasteiger partial charge in [0.05, 0.1) is 18.4 Å². The van der Waals surface area contributed by atoms with E-state index >= 15 is 0 Å². The Morgan fingerprint density at radius 3 is 2.62 bits per heavy atom. The molecule has 0 fully saturated rings. The maximum Gasteiger partial charge on any atom is 0.412 e. The molecule has 0 radical (unpaired) electrons. The van der Waals surface area contributed by atoms with Gasteiger partial charge in [0, 0.05) is 11.9 Å². The highest BCUT2D eigenvalue weighted by Crippen LogP contribution is 2.12. The smallest absolute Gasteiger partial charge is 0.412 e. The van der Waals surface area contributed by atoms with Crippen molar-refractivity contribution in [3.05, 3.63) is 42.2 Å². The molecule has 1 amide bonds. The summed E-state index contributed by atoms with van der Waals surface area (Å²) in [5.41, 5.74) is 7.53. The number of carbonyl (C=O) groups excluding carboxylic acids is 1. The average molecular weight is 288 g/mol. The van der Waals surface area contributed by atoms with Crippen molar-refractivity contribution in [3.63, 3.8) is 0 Å². The van der Waals surface area contributed by atoms with Gasteiger partial charge in [-0.25, -0.2) is 4.79 Å². The Morgan fingerprint density at radius 1 is 1.33 bits per heavy atom. The van der Waals surface area contributed by atoms with Crippen LogP contribution in [0.15, 0.2) is 36.7 Å². The molecule has 2 rings (SSSR count). The number of nitrogens with two attached hydrogens (primary N) is 1. The molecule has 6 nitrogen and oxygen atoms in total. The highest BCUT2D eigenvalue weighted by molar-refractivity contribution is 5.84. The molecule has 1 heterocycles. The molecule has 21 heavy (non-hydrogen) atoms. The highest BCUT2D eigenvalue weighted by Gasteiger charge is 2.16. The number of aromatic nitrogens is 2. The van der Waals surface area contributed by atoms with Gasteiger partial charge in [-0.05, 0) is 38.5 Å². The van der Waals surface area contributed by atoms with E-state index in [1.807, 2.05) is 45.0 Å². The third kappa shape index (κ3) is 4.83. The Morgan fingerprint density at radius 2 is 2.00 bits per heavy atom. The van der Waals surface area contributed by atoms with E-state index in [2.05, 4.69) is 10.4 Å². The van der Waals surface area contributed by atoms with E-state index in [0.717, 1.165) is 11.3 Å². The van der Waals surface area contributed by atoms with E-state index in [1.165, 1.54) is 0 Å². The van der Waals surface area contributed by atoms with Crippen molar-refractivity contribution in [1.29, 1.82) is 0 Å². The van der Waals surface area contributed by atoms with E-state index in [1.54, 1.807) is 17.1 Å². The number of nitrogens with one attached hydrogen (secondary N) is 1. The van der Waals surface area contributed by atoms with Gasteiger partial charge in [-0.3, -0.25) is 10.00 Å². The van der Waals surface area contributed by atoms with Gasteiger partial charge >= 0.3 is 6.09 Å². The molecule has 0 bridgehead atoms. The molecule has 0 aliphatic rings. The zero-order chi connectivity index (χ0) is 15.5. The van der Waals surface area contributed by atoms with Crippen LogP contribution in [0.5, 0.6) is 0 Å². The number of rotatable bonds is 3. The molecule has 112 valence electrons. The third-order valence-corrected chi connectivity index (χ3v) is 2.60. The summed E-state index contributed by atoms with van der Waals surface area (Å²) in [7, 11) is 0. The molecule has 0 spiro atoms. The van der Waals surface area contributed by atoms with Crippen LogP contribution in [-0.2, 0) is 11.3 Å². The van der Waals surface area contributed by atoms with E-state index in [-0.39, 0.29) is 0 Å². The van der Waals surface area contributed by atoms with Gasteiger partial charge in [0.25, 0.3) is 0 Å². The number of carbonyl (C=O) groups is 1. The Labute approximate surface area is 123 Å². The summed E-state index contributed by atoms with van der Waals surface area (Å²) < 4.78 is 6.92. The van der Waals surface area contributed by atoms with E-state index in [0.29, 0.717) is 12.2 Å². The summed E-state index contributed by atoms with van der Waals surface area (Å²) in [5, 5.41) is 6.85. The summed E-state index contributed by atoms with van der Waals surface area (Å²) in [6.45, 7) is 6.06. The number of anilines is 2. The Bertz CT molecular complexity index is 611. The minimum absolute atomic E-state index is 0.491. The van der Waals surface area contributed by atoms with Crippen molar-refractivity contribution in [2.75, 3.05) is 11.1 Å². The second-order valence-corrected chi connectivity index (χ2v) is 5.80. The molecule has 0 unspecified atom stereocenters. The van der Waals surface area contributed by atoms with Crippen LogP contribution in [0.3, 0.4) is 0 Å². The van der Waals surface area contributed by atoms with Crippen molar-refractivity contribution >= 4 is 17.5 Å². The lowest BCUT2D eigenvalue weighted by atomic mass is 10.2. The molecule has 1 aromatic heterocycles. The topological polar surface area (TPSA) is 82.2 Å². The molecule has 3 N–H and O–H groups in total. The van der Waals surface area contributed by atoms with Crippen LogP contribution in [0.2, 0.25) is 0 Å². The van der Waals surface area contributed by atoms with E-state index < -0.39 is 11.7 Å². The predicted octanol–water partition coefficient (Wildman–Crippen LogP) is 2.86. The number of ether oxygens (including phenoxy) is 1. The lowest BCUT2D eigenvalue weighted by Crippen LogP contribution is -2.27. The SMILES string of the molecule is CC(C)(C)OC(=O)Nc1cnn(Cc2ccc(N)cc2)c1. The molecule has 1 aromatic carbocycles. The molecule has 0 saturated carbocycles. The standard InChI is InChI=1S/C15H20N4O2/c1-15(2,3)21-14(20)18-13-8-17-19(10-13)9-11-4-6-12(16)7-5-11/h4-8,10H,9,16H2,1-3H3,(H,18,20).